The highest BCUT2D eigenvalue weighted by Gasteiger charge is 2.01. The van der Waals surface area contributed by atoms with E-state index in [9.17, 15) is 0 Å². The van der Waals surface area contributed by atoms with E-state index in [0.717, 1.165) is 0 Å². The lowest BCUT2D eigenvalue weighted by Crippen LogP contribution is -1.96. The topological polar surface area (TPSA) is 69.1 Å². The van der Waals surface area contributed by atoms with E-state index in [4.69, 9.17) is 17.3 Å². The number of rotatable bonds is 0. The molecule has 2 aromatic heterocycles. The van der Waals surface area contributed by atoms with Crippen LogP contribution in [0.25, 0.3) is 5.65 Å². The first-order chi connectivity index (χ1) is 5.27. The van der Waals surface area contributed by atoms with Crippen LogP contribution in [0.4, 0.5) is 5.69 Å². The van der Waals surface area contributed by atoms with Gasteiger partial charge < -0.3 is 5.73 Å². The molecule has 2 heterocycles. The fourth-order valence-corrected chi connectivity index (χ4v) is 1.02. The van der Waals surface area contributed by atoms with Crippen LogP contribution in [0.3, 0.4) is 0 Å². The lowest BCUT2D eigenvalue weighted by molar-refractivity contribution is 0.928. The molecule has 0 aliphatic carbocycles. The van der Waals surface area contributed by atoms with E-state index >= 15 is 0 Å². The molecule has 11 heavy (non-hydrogen) atoms. The molecule has 0 spiro atoms. The van der Waals surface area contributed by atoms with E-state index in [1.807, 2.05) is 0 Å². The number of aromatic nitrogens is 4. The van der Waals surface area contributed by atoms with Crippen LogP contribution in [-0.2, 0) is 0 Å². The average molecular weight is 170 g/mol. The van der Waals surface area contributed by atoms with E-state index in [-0.39, 0.29) is 0 Å². The molecule has 0 fully saturated rings. The fourth-order valence-electron chi connectivity index (χ4n) is 0.818. The molecule has 0 unspecified atom stereocenters. The summed E-state index contributed by atoms with van der Waals surface area (Å²) in [5, 5.41) is 11.5. The minimum Gasteiger partial charge on any atom is -0.396 e. The van der Waals surface area contributed by atoms with Crippen molar-refractivity contribution in [2.24, 2.45) is 0 Å². The van der Waals surface area contributed by atoms with Crippen molar-refractivity contribution in [3.8, 4) is 0 Å². The van der Waals surface area contributed by atoms with Gasteiger partial charge in [0.2, 0.25) is 5.65 Å². The van der Waals surface area contributed by atoms with Crippen LogP contribution in [0.5, 0.6) is 0 Å². The van der Waals surface area contributed by atoms with Crippen LogP contribution in [0.1, 0.15) is 0 Å². The van der Waals surface area contributed by atoms with Gasteiger partial charge in [0.1, 0.15) is 6.33 Å². The average Bonchev–Trinajstić information content (AvgIpc) is 2.34. The van der Waals surface area contributed by atoms with Gasteiger partial charge in [-0.3, -0.25) is 0 Å². The molecule has 2 rings (SSSR count). The monoisotopic (exact) mass is 169 g/mol. The van der Waals surface area contributed by atoms with Crippen molar-refractivity contribution < 1.29 is 0 Å². The number of nitrogens with zero attached hydrogens (tertiary/aromatic N) is 4. The van der Waals surface area contributed by atoms with Crippen LogP contribution in [0.15, 0.2) is 12.4 Å². The first-order valence-electron chi connectivity index (χ1n) is 2.89. The maximum absolute atomic E-state index is 5.61. The molecule has 0 aliphatic rings. The summed E-state index contributed by atoms with van der Waals surface area (Å²) in [5.74, 6) is 0. The van der Waals surface area contributed by atoms with Gasteiger partial charge >= 0.3 is 0 Å². The zero-order chi connectivity index (χ0) is 7.84. The number of hydrogen-bond acceptors (Lipinski definition) is 4. The van der Waals surface area contributed by atoms with Crippen molar-refractivity contribution in [2.75, 3.05) is 5.73 Å². The van der Waals surface area contributed by atoms with E-state index in [1.165, 1.54) is 16.9 Å². The van der Waals surface area contributed by atoms with E-state index < -0.39 is 0 Å². The number of halogens is 1. The summed E-state index contributed by atoms with van der Waals surface area (Å²) >= 11 is 5.61. The van der Waals surface area contributed by atoms with Crippen molar-refractivity contribution in [1.29, 1.82) is 0 Å². The Morgan fingerprint density at radius 2 is 2.36 bits per heavy atom. The Morgan fingerprint density at radius 3 is 3.18 bits per heavy atom. The van der Waals surface area contributed by atoms with Gasteiger partial charge in [0.05, 0.1) is 5.69 Å². The van der Waals surface area contributed by atoms with Crippen molar-refractivity contribution in [3.05, 3.63) is 17.5 Å². The number of nitrogens with two attached hydrogens (primary N) is 1. The van der Waals surface area contributed by atoms with Crippen LogP contribution in [-0.4, -0.2) is 19.8 Å². The zero-order valence-corrected chi connectivity index (χ0v) is 6.15. The van der Waals surface area contributed by atoms with E-state index in [2.05, 4.69) is 15.3 Å². The summed E-state index contributed by atoms with van der Waals surface area (Å²) < 4.78 is 1.43. The Morgan fingerprint density at radius 1 is 1.55 bits per heavy atom. The molecule has 0 bridgehead atoms. The minimum atomic E-state index is 0.329. The van der Waals surface area contributed by atoms with Gasteiger partial charge in [0.15, 0.2) is 5.15 Å². The Hall–Kier alpha value is -1.36. The Bertz CT molecular complexity index is 395. The molecule has 0 aromatic carbocycles. The molecule has 0 aliphatic heterocycles. The second-order valence-corrected chi connectivity index (χ2v) is 2.41. The zero-order valence-electron chi connectivity index (χ0n) is 5.40. The van der Waals surface area contributed by atoms with E-state index in [0.29, 0.717) is 16.5 Å². The highest BCUT2D eigenvalue weighted by Crippen LogP contribution is 2.13. The minimum absolute atomic E-state index is 0.329. The second kappa shape index (κ2) is 2.06. The fraction of sp³-hybridized carbons (Fsp3) is 0. The number of nitrogen functional groups attached to an aromatic ring is 1. The van der Waals surface area contributed by atoms with Gasteiger partial charge in [0, 0.05) is 6.07 Å². The quantitative estimate of drug-likeness (QED) is 0.618. The standard InChI is InChI=1S/C5H4ClN5/c6-4-1-3(7)5-9-8-2-11(5)10-4/h1-2H,7H2. The third-order valence-electron chi connectivity index (χ3n) is 1.27. The predicted octanol–water partition coefficient (Wildman–Crippen LogP) is 0.360. The third-order valence-corrected chi connectivity index (χ3v) is 1.45. The summed E-state index contributed by atoms with van der Waals surface area (Å²) in [6.45, 7) is 0. The van der Waals surface area contributed by atoms with Gasteiger partial charge in [-0.25, -0.2) is 0 Å². The highest BCUT2D eigenvalue weighted by atomic mass is 35.5. The molecule has 0 saturated carbocycles. The maximum atomic E-state index is 5.61. The van der Waals surface area contributed by atoms with Gasteiger partial charge in [0.25, 0.3) is 0 Å². The SMILES string of the molecule is Nc1cc(Cl)nn2cnnc12. The first-order valence-corrected chi connectivity index (χ1v) is 3.27. The molecule has 6 heteroatoms. The molecule has 5 nitrogen and oxygen atoms in total. The summed E-state index contributed by atoms with van der Waals surface area (Å²) in [6, 6.07) is 1.53. The van der Waals surface area contributed by atoms with Crippen LogP contribution in [0, 0.1) is 0 Å². The van der Waals surface area contributed by atoms with Crippen molar-refractivity contribution in [2.45, 2.75) is 0 Å². The van der Waals surface area contributed by atoms with Crippen LogP contribution >= 0.6 is 11.6 Å². The third kappa shape index (κ3) is 0.894. The Kier molecular flexibility index (Phi) is 1.19. The molecule has 0 amide bonds. The molecule has 0 saturated heterocycles. The maximum Gasteiger partial charge on any atom is 0.200 e. The molecular weight excluding hydrogens is 166 g/mol. The summed E-state index contributed by atoms with van der Waals surface area (Å²) in [4.78, 5) is 0. The summed E-state index contributed by atoms with van der Waals surface area (Å²) in [7, 11) is 0. The lowest BCUT2D eigenvalue weighted by Gasteiger charge is -1.94. The normalized spacial score (nSPS) is 10.6. The highest BCUT2D eigenvalue weighted by molar-refractivity contribution is 6.29. The molecular formula is C5H4ClN5. The molecule has 0 radical (unpaired) electrons. The molecule has 2 aromatic rings. The molecule has 56 valence electrons. The van der Waals surface area contributed by atoms with Crippen LogP contribution in [0.2, 0.25) is 5.15 Å². The Labute approximate surface area is 66.8 Å². The molecule has 2 N–H and O–H groups in total. The van der Waals surface area contributed by atoms with Crippen LogP contribution < -0.4 is 5.73 Å². The molecule has 0 atom stereocenters. The van der Waals surface area contributed by atoms with Crippen molar-refractivity contribution in [1.82, 2.24) is 19.8 Å². The lowest BCUT2D eigenvalue weighted by atomic mass is 10.5. The van der Waals surface area contributed by atoms with Gasteiger partial charge in [-0.15, -0.1) is 10.2 Å². The predicted molar refractivity (Wildman–Crippen MR) is 40.2 cm³/mol. The van der Waals surface area contributed by atoms with Crippen molar-refractivity contribution >= 4 is 22.9 Å². The number of anilines is 1. The smallest absolute Gasteiger partial charge is 0.200 e. The number of fused-ring (bicyclic) bond motifs is 1. The largest absolute Gasteiger partial charge is 0.396 e. The number of hydrogen-bond donors (Lipinski definition) is 1. The van der Waals surface area contributed by atoms with Gasteiger partial charge in [-0.05, 0) is 0 Å². The summed E-state index contributed by atoms with van der Waals surface area (Å²) in [5.41, 5.74) is 6.55. The Balaban J connectivity index is 2.91. The summed E-state index contributed by atoms with van der Waals surface area (Å²) in [6.07, 6.45) is 1.44. The second-order valence-electron chi connectivity index (χ2n) is 2.02. The van der Waals surface area contributed by atoms with E-state index in [1.54, 1.807) is 0 Å². The van der Waals surface area contributed by atoms with Gasteiger partial charge in [-0.1, -0.05) is 11.6 Å². The van der Waals surface area contributed by atoms with Crippen molar-refractivity contribution in [3.63, 3.8) is 0 Å². The first kappa shape index (κ1) is 6.36. The van der Waals surface area contributed by atoms with Gasteiger partial charge in [-0.2, -0.15) is 9.61 Å².